The average molecular weight is 304 g/mol. The summed E-state index contributed by atoms with van der Waals surface area (Å²) in [5, 5.41) is 1.90. The second kappa shape index (κ2) is 7.35. The zero-order valence-electron chi connectivity index (χ0n) is 11.0. The number of carbonyl (C=O) groups is 2. The topological polar surface area (TPSA) is 58.2 Å². The van der Waals surface area contributed by atoms with E-state index >= 15 is 0 Å². The molecule has 0 aliphatic carbocycles. The molecule has 2 amide bonds. The van der Waals surface area contributed by atoms with Gasteiger partial charge in [0.25, 0.3) is 5.91 Å². The van der Waals surface area contributed by atoms with Crippen LogP contribution < -0.4 is 10.9 Å². The van der Waals surface area contributed by atoms with Gasteiger partial charge < -0.3 is 0 Å². The van der Waals surface area contributed by atoms with Crippen molar-refractivity contribution in [2.24, 2.45) is 0 Å². The molecule has 0 radical (unpaired) electrons. The van der Waals surface area contributed by atoms with E-state index in [-0.39, 0.29) is 18.1 Å². The van der Waals surface area contributed by atoms with Crippen molar-refractivity contribution in [1.82, 2.24) is 10.9 Å². The van der Waals surface area contributed by atoms with Crippen LogP contribution >= 0.6 is 11.3 Å². The summed E-state index contributed by atoms with van der Waals surface area (Å²) in [5.41, 5.74) is 5.24. The Morgan fingerprint density at radius 1 is 1.14 bits per heavy atom. The lowest BCUT2D eigenvalue weighted by molar-refractivity contribution is -0.126. The van der Waals surface area contributed by atoms with E-state index in [0.717, 1.165) is 4.88 Å². The van der Waals surface area contributed by atoms with Crippen molar-refractivity contribution in [3.05, 3.63) is 64.1 Å². The van der Waals surface area contributed by atoms with Gasteiger partial charge in [0.15, 0.2) is 0 Å². The molecule has 6 heteroatoms. The molecule has 4 nitrogen and oxygen atoms in total. The third-order valence-corrected chi connectivity index (χ3v) is 3.38. The van der Waals surface area contributed by atoms with Gasteiger partial charge in [-0.15, -0.1) is 11.3 Å². The highest BCUT2D eigenvalue weighted by molar-refractivity contribution is 7.10. The third kappa shape index (κ3) is 5.19. The van der Waals surface area contributed by atoms with Crippen LogP contribution in [0.2, 0.25) is 0 Å². The molecule has 1 aromatic heterocycles. The molecule has 0 unspecified atom stereocenters. The number of carbonyl (C=O) groups excluding carboxylic acids is 2. The van der Waals surface area contributed by atoms with Crippen molar-refractivity contribution in [3.63, 3.8) is 0 Å². The van der Waals surface area contributed by atoms with Gasteiger partial charge in [-0.1, -0.05) is 18.2 Å². The van der Waals surface area contributed by atoms with Gasteiger partial charge in [0.1, 0.15) is 5.82 Å². The van der Waals surface area contributed by atoms with Gasteiger partial charge in [0, 0.05) is 11.0 Å². The molecule has 0 saturated carbocycles. The fourth-order valence-corrected chi connectivity index (χ4v) is 2.17. The molecule has 0 spiro atoms. The van der Waals surface area contributed by atoms with Gasteiger partial charge >= 0.3 is 0 Å². The minimum absolute atomic E-state index is 0.0647. The van der Waals surface area contributed by atoms with Gasteiger partial charge in [-0.2, -0.15) is 0 Å². The first-order valence-electron chi connectivity index (χ1n) is 6.18. The number of amides is 2. The Morgan fingerprint density at radius 3 is 2.57 bits per heavy atom. The van der Waals surface area contributed by atoms with E-state index < -0.39 is 5.91 Å². The summed E-state index contributed by atoms with van der Waals surface area (Å²) >= 11 is 1.51. The van der Waals surface area contributed by atoms with E-state index in [0.29, 0.717) is 5.56 Å². The highest BCUT2D eigenvalue weighted by atomic mass is 32.1. The first-order valence-corrected chi connectivity index (χ1v) is 7.06. The lowest BCUT2D eigenvalue weighted by atomic mass is 10.1. The van der Waals surface area contributed by atoms with Crippen molar-refractivity contribution >= 4 is 29.2 Å². The molecule has 2 rings (SSSR count). The van der Waals surface area contributed by atoms with Crippen LogP contribution in [0.3, 0.4) is 0 Å². The van der Waals surface area contributed by atoms with Crippen molar-refractivity contribution in [2.45, 2.75) is 6.42 Å². The summed E-state index contributed by atoms with van der Waals surface area (Å²) in [5.74, 6) is -1.15. The summed E-state index contributed by atoms with van der Waals surface area (Å²) in [6, 6.07) is 9.37. The number of halogens is 1. The highest BCUT2D eigenvalue weighted by Crippen LogP contribution is 2.09. The van der Waals surface area contributed by atoms with E-state index in [9.17, 15) is 14.0 Å². The molecule has 1 heterocycles. The SMILES string of the molecule is O=C(/C=C/c1cccs1)NNC(=O)Cc1ccc(F)cc1. The van der Waals surface area contributed by atoms with Gasteiger partial charge in [0.05, 0.1) is 6.42 Å². The van der Waals surface area contributed by atoms with Crippen molar-refractivity contribution in [3.8, 4) is 0 Å². The zero-order chi connectivity index (χ0) is 15.1. The molecular formula is C15H13FN2O2S. The fraction of sp³-hybridized carbons (Fsp3) is 0.0667. The van der Waals surface area contributed by atoms with E-state index in [2.05, 4.69) is 10.9 Å². The second-order valence-corrected chi connectivity index (χ2v) is 5.17. The predicted octanol–water partition coefficient (Wildman–Crippen LogP) is 2.29. The summed E-state index contributed by atoms with van der Waals surface area (Å²) in [6.45, 7) is 0. The van der Waals surface area contributed by atoms with Crippen LogP contribution in [0.15, 0.2) is 47.9 Å². The second-order valence-electron chi connectivity index (χ2n) is 4.19. The molecule has 0 fully saturated rings. The Kier molecular flexibility index (Phi) is 5.22. The Hall–Kier alpha value is -2.47. The van der Waals surface area contributed by atoms with Gasteiger partial charge in [-0.25, -0.2) is 4.39 Å². The number of nitrogens with one attached hydrogen (secondary N) is 2. The maximum atomic E-state index is 12.7. The number of hydrazine groups is 1. The van der Waals surface area contributed by atoms with Crippen molar-refractivity contribution in [2.75, 3.05) is 0 Å². The molecule has 1 aromatic carbocycles. The molecule has 21 heavy (non-hydrogen) atoms. The van der Waals surface area contributed by atoms with Crippen LogP contribution in [0.4, 0.5) is 4.39 Å². The zero-order valence-corrected chi connectivity index (χ0v) is 11.8. The normalized spacial score (nSPS) is 10.5. The summed E-state index contributed by atoms with van der Waals surface area (Å²) in [6.07, 6.45) is 3.06. The van der Waals surface area contributed by atoms with Crippen LogP contribution in [0.25, 0.3) is 6.08 Å². The van der Waals surface area contributed by atoms with Gasteiger partial charge in [-0.3, -0.25) is 20.4 Å². The number of hydrogen-bond donors (Lipinski definition) is 2. The van der Waals surface area contributed by atoms with E-state index in [1.54, 1.807) is 6.08 Å². The molecule has 2 N–H and O–H groups in total. The molecular weight excluding hydrogens is 291 g/mol. The first-order chi connectivity index (χ1) is 10.1. The standard InChI is InChI=1S/C15H13FN2O2S/c16-12-5-3-11(4-6-12)10-15(20)18-17-14(19)8-7-13-2-1-9-21-13/h1-9H,10H2,(H,17,19)(H,18,20)/b8-7+. The summed E-state index contributed by atoms with van der Waals surface area (Å²) in [7, 11) is 0. The number of hydrogen-bond acceptors (Lipinski definition) is 3. The Bertz CT molecular complexity index is 636. The minimum atomic E-state index is -0.421. The molecule has 0 saturated heterocycles. The molecule has 0 aliphatic rings. The molecule has 108 valence electrons. The Labute approximate surface area is 125 Å². The van der Waals surface area contributed by atoms with Crippen LogP contribution in [0, 0.1) is 5.82 Å². The maximum absolute atomic E-state index is 12.7. The summed E-state index contributed by atoms with van der Waals surface area (Å²) < 4.78 is 12.7. The number of rotatable bonds is 4. The molecule has 0 atom stereocenters. The van der Waals surface area contributed by atoms with E-state index in [1.165, 1.54) is 41.7 Å². The van der Waals surface area contributed by atoms with Crippen molar-refractivity contribution < 1.29 is 14.0 Å². The number of benzene rings is 1. The van der Waals surface area contributed by atoms with Crippen LogP contribution in [-0.2, 0) is 16.0 Å². The quantitative estimate of drug-likeness (QED) is 0.672. The van der Waals surface area contributed by atoms with E-state index in [4.69, 9.17) is 0 Å². The third-order valence-electron chi connectivity index (χ3n) is 2.55. The largest absolute Gasteiger partial charge is 0.273 e. The summed E-state index contributed by atoms with van der Waals surface area (Å²) in [4.78, 5) is 24.0. The Balaban J connectivity index is 1.75. The van der Waals surface area contributed by atoms with E-state index in [1.807, 2.05) is 17.5 Å². The highest BCUT2D eigenvalue weighted by Gasteiger charge is 2.04. The van der Waals surface area contributed by atoms with Gasteiger partial charge in [-0.05, 0) is 35.2 Å². The first kappa shape index (κ1) is 14.9. The molecule has 0 bridgehead atoms. The lowest BCUT2D eigenvalue weighted by Crippen LogP contribution is -2.41. The Morgan fingerprint density at radius 2 is 1.90 bits per heavy atom. The molecule has 0 aliphatic heterocycles. The average Bonchev–Trinajstić information content (AvgIpc) is 2.99. The fourth-order valence-electron chi connectivity index (χ4n) is 1.55. The molecule has 2 aromatic rings. The lowest BCUT2D eigenvalue weighted by Gasteiger charge is -2.05. The van der Waals surface area contributed by atoms with Crippen LogP contribution in [0.5, 0.6) is 0 Å². The smallest absolute Gasteiger partial charge is 0.262 e. The minimum Gasteiger partial charge on any atom is -0.273 e. The maximum Gasteiger partial charge on any atom is 0.262 e. The predicted molar refractivity (Wildman–Crippen MR) is 79.7 cm³/mol. The van der Waals surface area contributed by atoms with Crippen molar-refractivity contribution in [1.29, 1.82) is 0 Å². The monoisotopic (exact) mass is 304 g/mol. The number of thiophene rings is 1. The van der Waals surface area contributed by atoms with Crippen LogP contribution in [0.1, 0.15) is 10.4 Å². The van der Waals surface area contributed by atoms with Gasteiger partial charge in [0.2, 0.25) is 5.91 Å². The van der Waals surface area contributed by atoms with Crippen LogP contribution in [-0.4, -0.2) is 11.8 Å².